The third-order valence-corrected chi connectivity index (χ3v) is 5.28. The molecule has 1 fully saturated rings. The zero-order chi connectivity index (χ0) is 19.1. The van der Waals surface area contributed by atoms with E-state index in [9.17, 15) is 13.6 Å². The number of hydrogen-bond acceptors (Lipinski definition) is 4. The second-order valence-electron chi connectivity index (χ2n) is 6.38. The molecule has 1 heterocycles. The molecule has 1 N–H and O–H groups in total. The number of halogens is 2. The van der Waals surface area contributed by atoms with Gasteiger partial charge in [-0.15, -0.1) is 11.8 Å². The lowest BCUT2D eigenvalue weighted by atomic mass is 10.2. The van der Waals surface area contributed by atoms with Gasteiger partial charge in [0.2, 0.25) is 5.91 Å². The maximum Gasteiger partial charge on any atom is 0.230 e. The quantitative estimate of drug-likeness (QED) is 0.736. The summed E-state index contributed by atoms with van der Waals surface area (Å²) in [6.07, 6.45) is -0.0812. The monoisotopic (exact) mass is 392 g/mol. The Kier molecular flexibility index (Phi) is 7.20. The van der Waals surface area contributed by atoms with Crippen LogP contribution in [0.5, 0.6) is 0 Å². The largest absolute Gasteiger partial charge is 0.374 e. The summed E-state index contributed by atoms with van der Waals surface area (Å²) >= 11 is 0.980. The van der Waals surface area contributed by atoms with E-state index in [0.717, 1.165) is 49.6 Å². The van der Waals surface area contributed by atoms with Gasteiger partial charge in [0.15, 0.2) is 0 Å². The maximum absolute atomic E-state index is 13.6. The number of carbonyl (C=O) groups excluding carboxylic acids is 1. The molecule has 2 aromatic rings. The summed E-state index contributed by atoms with van der Waals surface area (Å²) in [6, 6.07) is 13.4. The van der Waals surface area contributed by atoms with Crippen LogP contribution in [-0.2, 0) is 16.1 Å². The lowest BCUT2D eigenvalue weighted by Crippen LogP contribution is -2.47. The maximum atomic E-state index is 13.6. The highest BCUT2D eigenvalue weighted by Gasteiger charge is 2.21. The highest BCUT2D eigenvalue weighted by Crippen LogP contribution is 2.22. The van der Waals surface area contributed by atoms with E-state index in [-0.39, 0.29) is 22.7 Å². The van der Waals surface area contributed by atoms with Crippen LogP contribution in [0.2, 0.25) is 0 Å². The number of carbonyl (C=O) groups is 1. The fourth-order valence-corrected chi connectivity index (χ4v) is 3.69. The molecule has 1 aliphatic heterocycles. The van der Waals surface area contributed by atoms with Crippen molar-refractivity contribution in [2.24, 2.45) is 0 Å². The van der Waals surface area contributed by atoms with Crippen LogP contribution in [0.3, 0.4) is 0 Å². The third-order valence-electron chi connectivity index (χ3n) is 4.25. The fourth-order valence-electron chi connectivity index (χ4n) is 2.90. The first-order valence-electron chi connectivity index (χ1n) is 8.82. The van der Waals surface area contributed by atoms with Crippen molar-refractivity contribution in [2.75, 3.05) is 32.0 Å². The minimum absolute atomic E-state index is 0.0286. The number of nitrogens with one attached hydrogen (secondary N) is 1. The summed E-state index contributed by atoms with van der Waals surface area (Å²) in [5.41, 5.74) is 1.25. The first-order valence-corrected chi connectivity index (χ1v) is 9.81. The van der Waals surface area contributed by atoms with Crippen molar-refractivity contribution in [3.8, 4) is 0 Å². The number of morpholine rings is 1. The smallest absolute Gasteiger partial charge is 0.230 e. The Labute approximate surface area is 161 Å². The van der Waals surface area contributed by atoms with Gasteiger partial charge in [-0.25, -0.2) is 8.78 Å². The van der Waals surface area contributed by atoms with Gasteiger partial charge in [0.25, 0.3) is 0 Å². The predicted molar refractivity (Wildman–Crippen MR) is 102 cm³/mol. The van der Waals surface area contributed by atoms with Gasteiger partial charge in [0.1, 0.15) is 11.6 Å². The molecular weight excluding hydrogens is 370 g/mol. The minimum atomic E-state index is -0.527. The molecule has 3 rings (SSSR count). The lowest BCUT2D eigenvalue weighted by Gasteiger charge is -2.33. The first-order chi connectivity index (χ1) is 13.1. The van der Waals surface area contributed by atoms with Crippen molar-refractivity contribution in [1.82, 2.24) is 10.2 Å². The molecule has 144 valence electrons. The number of thioether (sulfide) groups is 1. The summed E-state index contributed by atoms with van der Waals surface area (Å²) in [4.78, 5) is 14.4. The Balaban J connectivity index is 1.41. The van der Waals surface area contributed by atoms with Gasteiger partial charge in [0.05, 0.1) is 18.5 Å². The van der Waals surface area contributed by atoms with Gasteiger partial charge >= 0.3 is 0 Å². The van der Waals surface area contributed by atoms with E-state index in [1.54, 1.807) is 0 Å². The molecule has 1 amide bonds. The number of benzene rings is 2. The van der Waals surface area contributed by atoms with E-state index >= 15 is 0 Å². The van der Waals surface area contributed by atoms with Gasteiger partial charge in [-0.3, -0.25) is 9.69 Å². The third kappa shape index (κ3) is 6.30. The molecule has 27 heavy (non-hydrogen) atoms. The van der Waals surface area contributed by atoms with Crippen LogP contribution in [-0.4, -0.2) is 48.9 Å². The molecule has 1 atom stereocenters. The molecule has 0 bridgehead atoms. The Morgan fingerprint density at radius 3 is 2.85 bits per heavy atom. The van der Waals surface area contributed by atoms with Gasteiger partial charge < -0.3 is 10.1 Å². The van der Waals surface area contributed by atoms with E-state index < -0.39 is 11.6 Å². The van der Waals surface area contributed by atoms with Crippen molar-refractivity contribution < 1.29 is 18.3 Å². The number of amides is 1. The predicted octanol–water partition coefficient (Wildman–Crippen LogP) is 3.07. The van der Waals surface area contributed by atoms with Crippen molar-refractivity contribution >= 4 is 17.7 Å². The first kappa shape index (κ1) is 19.8. The molecule has 0 radical (unpaired) electrons. The second-order valence-corrected chi connectivity index (χ2v) is 7.40. The van der Waals surface area contributed by atoms with Gasteiger partial charge in [-0.2, -0.15) is 0 Å². The van der Waals surface area contributed by atoms with E-state index in [4.69, 9.17) is 4.74 Å². The Bertz CT molecular complexity index is 761. The van der Waals surface area contributed by atoms with E-state index in [1.165, 1.54) is 5.56 Å². The minimum Gasteiger partial charge on any atom is -0.374 e. The molecule has 1 aliphatic rings. The molecular formula is C20H22F2N2O2S. The molecule has 0 spiro atoms. The van der Waals surface area contributed by atoms with Crippen LogP contribution >= 0.6 is 11.8 Å². The zero-order valence-corrected chi connectivity index (χ0v) is 15.7. The van der Waals surface area contributed by atoms with E-state index in [0.29, 0.717) is 13.2 Å². The van der Waals surface area contributed by atoms with Gasteiger partial charge in [-0.05, 0) is 23.8 Å². The average Bonchev–Trinajstić information content (AvgIpc) is 2.68. The highest BCUT2D eigenvalue weighted by molar-refractivity contribution is 8.00. The average molecular weight is 392 g/mol. The summed E-state index contributed by atoms with van der Waals surface area (Å²) in [5.74, 6) is -1.25. The summed E-state index contributed by atoms with van der Waals surface area (Å²) in [6.45, 7) is 3.46. The van der Waals surface area contributed by atoms with Gasteiger partial charge in [0, 0.05) is 31.1 Å². The SMILES string of the molecule is O=C(CSc1cc(F)ccc1F)NCC1CN(Cc2ccccc2)CCO1. The van der Waals surface area contributed by atoms with Crippen molar-refractivity contribution in [2.45, 2.75) is 17.5 Å². The Morgan fingerprint density at radius 1 is 1.22 bits per heavy atom. The van der Waals surface area contributed by atoms with Crippen LogP contribution in [0.25, 0.3) is 0 Å². The number of nitrogens with zero attached hydrogens (tertiary/aromatic N) is 1. The topological polar surface area (TPSA) is 41.6 Å². The molecule has 0 aliphatic carbocycles. The van der Waals surface area contributed by atoms with Crippen LogP contribution < -0.4 is 5.32 Å². The van der Waals surface area contributed by atoms with Crippen LogP contribution in [0, 0.1) is 11.6 Å². The van der Waals surface area contributed by atoms with Crippen LogP contribution in [0.4, 0.5) is 8.78 Å². The Morgan fingerprint density at radius 2 is 2.04 bits per heavy atom. The number of ether oxygens (including phenoxy) is 1. The molecule has 1 unspecified atom stereocenters. The number of hydrogen-bond donors (Lipinski definition) is 1. The van der Waals surface area contributed by atoms with E-state index in [2.05, 4.69) is 22.3 Å². The zero-order valence-electron chi connectivity index (χ0n) is 14.9. The highest BCUT2D eigenvalue weighted by atomic mass is 32.2. The second kappa shape index (κ2) is 9.82. The lowest BCUT2D eigenvalue weighted by molar-refractivity contribution is -0.119. The standard InChI is InChI=1S/C20H22F2N2O2S/c21-16-6-7-18(22)19(10-16)27-14-20(25)23-11-17-13-24(8-9-26-17)12-15-4-2-1-3-5-15/h1-7,10,17H,8-9,11-14H2,(H,23,25). The fraction of sp³-hybridized carbons (Fsp3) is 0.350. The molecule has 2 aromatic carbocycles. The van der Waals surface area contributed by atoms with Crippen molar-refractivity contribution in [3.63, 3.8) is 0 Å². The molecule has 0 saturated carbocycles. The van der Waals surface area contributed by atoms with Crippen LogP contribution in [0.15, 0.2) is 53.4 Å². The van der Waals surface area contributed by atoms with Crippen LogP contribution in [0.1, 0.15) is 5.56 Å². The molecule has 4 nitrogen and oxygen atoms in total. The van der Waals surface area contributed by atoms with Crippen molar-refractivity contribution in [1.29, 1.82) is 0 Å². The molecule has 1 saturated heterocycles. The normalized spacial score (nSPS) is 17.6. The molecule has 0 aromatic heterocycles. The summed E-state index contributed by atoms with van der Waals surface area (Å²) in [7, 11) is 0. The number of rotatable bonds is 7. The Hall–Kier alpha value is -1.96. The van der Waals surface area contributed by atoms with Gasteiger partial charge in [-0.1, -0.05) is 30.3 Å². The summed E-state index contributed by atoms with van der Waals surface area (Å²) < 4.78 is 32.4. The molecule has 7 heteroatoms. The van der Waals surface area contributed by atoms with E-state index in [1.807, 2.05) is 18.2 Å². The summed E-state index contributed by atoms with van der Waals surface area (Å²) in [5, 5.41) is 2.81. The van der Waals surface area contributed by atoms with Crippen molar-refractivity contribution in [3.05, 3.63) is 65.7 Å².